The van der Waals surface area contributed by atoms with Crippen LogP contribution in [-0.2, 0) is 0 Å². The van der Waals surface area contributed by atoms with E-state index in [4.69, 9.17) is 10.2 Å². The zero-order valence-corrected chi connectivity index (χ0v) is 12.7. The molecule has 0 aromatic carbocycles. The molecule has 1 atom stereocenters. The SMILES string of the molecule is NC(CNC(=O)c1ccsc1NC(=O)c1ccco1)C1CC1. The fraction of sp³-hybridized carbons (Fsp3) is 0.333. The number of nitrogens with two attached hydrogens (primary N) is 1. The van der Waals surface area contributed by atoms with Gasteiger partial charge in [0.1, 0.15) is 5.00 Å². The zero-order chi connectivity index (χ0) is 15.5. The van der Waals surface area contributed by atoms with Crippen LogP contribution >= 0.6 is 11.3 Å². The summed E-state index contributed by atoms with van der Waals surface area (Å²) in [6.07, 6.45) is 3.70. The van der Waals surface area contributed by atoms with Crippen molar-refractivity contribution in [3.8, 4) is 0 Å². The van der Waals surface area contributed by atoms with Gasteiger partial charge in [-0.05, 0) is 42.3 Å². The van der Waals surface area contributed by atoms with Crippen LogP contribution < -0.4 is 16.4 Å². The van der Waals surface area contributed by atoms with Crippen LogP contribution in [0, 0.1) is 5.92 Å². The maximum atomic E-state index is 12.2. The van der Waals surface area contributed by atoms with Crippen LogP contribution in [0.25, 0.3) is 0 Å². The van der Waals surface area contributed by atoms with E-state index in [0.29, 0.717) is 23.0 Å². The molecule has 0 bridgehead atoms. The Balaban J connectivity index is 1.61. The molecule has 2 aromatic heterocycles. The number of thiophene rings is 1. The second kappa shape index (κ2) is 6.33. The molecule has 7 heteroatoms. The highest BCUT2D eigenvalue weighted by Gasteiger charge is 2.28. The molecule has 6 nitrogen and oxygen atoms in total. The minimum Gasteiger partial charge on any atom is -0.459 e. The van der Waals surface area contributed by atoms with Gasteiger partial charge in [0, 0.05) is 12.6 Å². The first-order chi connectivity index (χ1) is 10.6. The third-order valence-corrected chi connectivity index (χ3v) is 4.44. The van der Waals surface area contributed by atoms with Crippen LogP contribution in [0.1, 0.15) is 33.8 Å². The van der Waals surface area contributed by atoms with Crippen LogP contribution in [0.2, 0.25) is 0 Å². The van der Waals surface area contributed by atoms with Crippen LogP contribution in [0.15, 0.2) is 34.3 Å². The maximum absolute atomic E-state index is 12.2. The van der Waals surface area contributed by atoms with Gasteiger partial charge in [0.15, 0.2) is 5.76 Å². The molecule has 4 N–H and O–H groups in total. The Morgan fingerprint density at radius 1 is 1.36 bits per heavy atom. The van der Waals surface area contributed by atoms with E-state index in [1.165, 1.54) is 17.6 Å². The van der Waals surface area contributed by atoms with E-state index in [0.717, 1.165) is 12.8 Å². The predicted octanol–water partition coefficient (Wildman–Crippen LogP) is 2.06. The topological polar surface area (TPSA) is 97.4 Å². The number of carbonyl (C=O) groups excluding carboxylic acids is 2. The van der Waals surface area contributed by atoms with Gasteiger partial charge in [0.2, 0.25) is 0 Å². The number of amides is 2. The van der Waals surface area contributed by atoms with Crippen LogP contribution in [0.3, 0.4) is 0 Å². The lowest BCUT2D eigenvalue weighted by molar-refractivity contribution is 0.0951. The highest BCUT2D eigenvalue weighted by Crippen LogP contribution is 2.31. The lowest BCUT2D eigenvalue weighted by Gasteiger charge is -2.12. The number of anilines is 1. The quantitative estimate of drug-likeness (QED) is 0.759. The first-order valence-electron chi connectivity index (χ1n) is 7.11. The first-order valence-corrected chi connectivity index (χ1v) is 7.99. The molecular formula is C15H17N3O3S. The van der Waals surface area contributed by atoms with Crippen molar-refractivity contribution in [1.82, 2.24) is 5.32 Å². The average Bonchev–Trinajstić information content (AvgIpc) is 3.02. The summed E-state index contributed by atoms with van der Waals surface area (Å²) >= 11 is 1.29. The normalized spacial score (nSPS) is 15.3. The molecule has 2 aromatic rings. The number of hydrogen-bond donors (Lipinski definition) is 3. The summed E-state index contributed by atoms with van der Waals surface area (Å²) in [5, 5.41) is 7.77. The molecule has 0 spiro atoms. The predicted molar refractivity (Wildman–Crippen MR) is 84.0 cm³/mol. The Morgan fingerprint density at radius 2 is 2.18 bits per heavy atom. The highest BCUT2D eigenvalue weighted by atomic mass is 32.1. The Kier molecular flexibility index (Phi) is 4.26. The van der Waals surface area contributed by atoms with Gasteiger partial charge < -0.3 is 20.8 Å². The Bertz CT molecular complexity index is 661. The van der Waals surface area contributed by atoms with Crippen molar-refractivity contribution < 1.29 is 14.0 Å². The molecule has 1 unspecified atom stereocenters. The molecule has 0 saturated heterocycles. The molecule has 22 heavy (non-hydrogen) atoms. The van der Waals surface area contributed by atoms with Gasteiger partial charge in [-0.25, -0.2) is 0 Å². The molecule has 0 aliphatic heterocycles. The minimum absolute atomic E-state index is 0.00347. The van der Waals surface area contributed by atoms with Gasteiger partial charge >= 0.3 is 0 Å². The number of hydrogen-bond acceptors (Lipinski definition) is 5. The van der Waals surface area contributed by atoms with Crippen molar-refractivity contribution in [2.45, 2.75) is 18.9 Å². The monoisotopic (exact) mass is 319 g/mol. The fourth-order valence-corrected chi connectivity index (χ4v) is 2.93. The third-order valence-electron chi connectivity index (χ3n) is 3.61. The standard InChI is InChI=1S/C15H17N3O3S/c16-11(9-3-4-9)8-17-13(19)10-5-7-22-15(10)18-14(20)12-2-1-6-21-12/h1-2,5-7,9,11H,3-4,8,16H2,(H,17,19)(H,18,20). The Labute approximate surface area is 131 Å². The summed E-state index contributed by atoms with van der Waals surface area (Å²) in [5.41, 5.74) is 6.41. The summed E-state index contributed by atoms with van der Waals surface area (Å²) in [4.78, 5) is 24.2. The van der Waals surface area contributed by atoms with E-state index in [1.54, 1.807) is 23.6 Å². The van der Waals surface area contributed by atoms with E-state index in [2.05, 4.69) is 10.6 Å². The van der Waals surface area contributed by atoms with Gasteiger partial charge in [-0.3, -0.25) is 9.59 Å². The summed E-state index contributed by atoms with van der Waals surface area (Å²) in [6.45, 7) is 0.449. The minimum atomic E-state index is -0.379. The van der Waals surface area contributed by atoms with E-state index < -0.39 is 0 Å². The molecule has 3 rings (SSSR count). The zero-order valence-electron chi connectivity index (χ0n) is 11.9. The van der Waals surface area contributed by atoms with Gasteiger partial charge in [0.25, 0.3) is 11.8 Å². The number of furan rings is 1. The van der Waals surface area contributed by atoms with Gasteiger partial charge in [-0.2, -0.15) is 0 Å². The van der Waals surface area contributed by atoms with Crippen LogP contribution in [-0.4, -0.2) is 24.4 Å². The maximum Gasteiger partial charge on any atom is 0.291 e. The number of rotatable bonds is 6. The molecule has 1 fully saturated rings. The largest absolute Gasteiger partial charge is 0.459 e. The second-order valence-electron chi connectivity index (χ2n) is 5.31. The smallest absolute Gasteiger partial charge is 0.291 e. The summed E-state index contributed by atoms with van der Waals surface area (Å²) < 4.78 is 5.03. The summed E-state index contributed by atoms with van der Waals surface area (Å²) in [5.74, 6) is 0.125. The van der Waals surface area contributed by atoms with Gasteiger partial charge in [-0.15, -0.1) is 11.3 Å². The molecule has 2 amide bonds. The molecule has 1 saturated carbocycles. The Morgan fingerprint density at radius 3 is 2.86 bits per heavy atom. The van der Waals surface area contributed by atoms with Crippen molar-refractivity contribution in [2.75, 3.05) is 11.9 Å². The van der Waals surface area contributed by atoms with E-state index in [1.807, 2.05) is 0 Å². The average molecular weight is 319 g/mol. The van der Waals surface area contributed by atoms with Crippen LogP contribution in [0.5, 0.6) is 0 Å². The lowest BCUT2D eigenvalue weighted by Crippen LogP contribution is -2.38. The Hall–Kier alpha value is -2.12. The third kappa shape index (κ3) is 3.37. The van der Waals surface area contributed by atoms with Crippen molar-refractivity contribution in [3.63, 3.8) is 0 Å². The van der Waals surface area contributed by atoms with Crippen molar-refractivity contribution in [1.29, 1.82) is 0 Å². The van der Waals surface area contributed by atoms with Crippen molar-refractivity contribution >= 4 is 28.2 Å². The molecule has 116 valence electrons. The van der Waals surface area contributed by atoms with Gasteiger partial charge in [0.05, 0.1) is 11.8 Å². The number of carbonyl (C=O) groups is 2. The molecule has 0 radical (unpaired) electrons. The summed E-state index contributed by atoms with van der Waals surface area (Å²) in [7, 11) is 0. The fourth-order valence-electron chi connectivity index (χ4n) is 2.15. The van der Waals surface area contributed by atoms with Crippen molar-refractivity contribution in [3.05, 3.63) is 41.2 Å². The van der Waals surface area contributed by atoms with Gasteiger partial charge in [-0.1, -0.05) is 0 Å². The second-order valence-corrected chi connectivity index (χ2v) is 6.22. The molecule has 1 aliphatic rings. The van der Waals surface area contributed by atoms with E-state index >= 15 is 0 Å². The van der Waals surface area contributed by atoms with Crippen LogP contribution in [0.4, 0.5) is 5.00 Å². The molecular weight excluding hydrogens is 302 g/mol. The first kappa shape index (κ1) is 14.8. The van der Waals surface area contributed by atoms with E-state index in [-0.39, 0.29) is 23.6 Å². The highest BCUT2D eigenvalue weighted by molar-refractivity contribution is 7.14. The molecule has 1 aliphatic carbocycles. The van der Waals surface area contributed by atoms with E-state index in [9.17, 15) is 9.59 Å². The lowest BCUT2D eigenvalue weighted by atomic mass is 10.2. The van der Waals surface area contributed by atoms with Crippen molar-refractivity contribution in [2.24, 2.45) is 11.7 Å². The number of nitrogens with one attached hydrogen (secondary N) is 2. The molecule has 2 heterocycles. The summed E-state index contributed by atoms with van der Waals surface area (Å²) in [6, 6.07) is 4.89.